The number of hydrogen-bond donors (Lipinski definition) is 0. The van der Waals surface area contributed by atoms with E-state index in [1.807, 2.05) is 32.9 Å². The maximum atomic E-state index is 5.96. The van der Waals surface area contributed by atoms with Crippen LogP contribution in [0.15, 0.2) is 60.7 Å². The van der Waals surface area contributed by atoms with Crippen molar-refractivity contribution in [1.82, 2.24) is 4.90 Å². The Balaban J connectivity index is 2.03. The van der Waals surface area contributed by atoms with Crippen LogP contribution in [0.2, 0.25) is 6.04 Å². The maximum Gasteiger partial charge on any atom is 0.500 e. The number of thiocarbonyl (C=S) groups is 1. The normalized spacial score (nSPS) is 11.4. The molecule has 0 aromatic heterocycles. The molecule has 1 radical (unpaired) electrons. The fourth-order valence-electron chi connectivity index (χ4n) is 3.32. The monoisotopic (exact) mass is 444 g/mol. The van der Waals surface area contributed by atoms with E-state index in [0.29, 0.717) is 19.8 Å². The van der Waals surface area contributed by atoms with Crippen molar-refractivity contribution in [1.29, 1.82) is 0 Å². The highest BCUT2D eigenvalue weighted by molar-refractivity contribution is 7.80. The van der Waals surface area contributed by atoms with Crippen LogP contribution >= 0.6 is 12.2 Å². The standard InChI is InChI=1S/C24H34NO3SSi/c1-4-26-30(27-5-2,28-6-3)19-13-18-24(29)25(20-22-14-9-7-10-15-22)21-23-16-11-8-12-17-23/h7-12,14-18H,4-6,13,19-21H2,1-3H3. The molecule has 30 heavy (non-hydrogen) atoms. The third-order valence-corrected chi connectivity index (χ3v) is 8.12. The second-order valence-electron chi connectivity index (χ2n) is 6.89. The lowest BCUT2D eigenvalue weighted by atomic mass is 10.1. The molecule has 0 heterocycles. The SMILES string of the molecule is CCO[Si](CC[CH]C(=S)N(Cc1ccccc1)Cc1ccccc1)(OCC)OCC. The van der Waals surface area contributed by atoms with Crippen LogP contribution in [0.1, 0.15) is 38.3 Å². The molecule has 0 unspecified atom stereocenters. The van der Waals surface area contributed by atoms with Crippen molar-refractivity contribution in [3.63, 3.8) is 0 Å². The van der Waals surface area contributed by atoms with E-state index < -0.39 is 8.80 Å². The minimum atomic E-state index is -2.65. The highest BCUT2D eigenvalue weighted by Gasteiger charge is 2.39. The van der Waals surface area contributed by atoms with Crippen LogP contribution in [0, 0.1) is 6.42 Å². The molecule has 2 aromatic carbocycles. The summed E-state index contributed by atoms with van der Waals surface area (Å²) in [6, 6.07) is 21.6. The predicted molar refractivity (Wildman–Crippen MR) is 129 cm³/mol. The molecule has 0 saturated carbocycles. The van der Waals surface area contributed by atoms with E-state index >= 15 is 0 Å². The Morgan fingerprint density at radius 3 is 1.63 bits per heavy atom. The second kappa shape index (κ2) is 13.7. The Hall–Kier alpha value is -1.57. The lowest BCUT2D eigenvalue weighted by Gasteiger charge is -2.29. The van der Waals surface area contributed by atoms with Crippen LogP contribution in [0.3, 0.4) is 0 Å². The van der Waals surface area contributed by atoms with Gasteiger partial charge in [-0.1, -0.05) is 72.9 Å². The summed E-state index contributed by atoms with van der Waals surface area (Å²) in [5.74, 6) is 0. The zero-order valence-electron chi connectivity index (χ0n) is 18.4. The minimum Gasteiger partial charge on any atom is -0.374 e. The largest absolute Gasteiger partial charge is 0.500 e. The van der Waals surface area contributed by atoms with Crippen molar-refractivity contribution in [3.05, 3.63) is 78.2 Å². The second-order valence-corrected chi connectivity index (χ2v) is 10.0. The molecule has 0 amide bonds. The van der Waals surface area contributed by atoms with Gasteiger partial charge in [0.2, 0.25) is 0 Å². The first kappa shape index (κ1) is 24.7. The Morgan fingerprint density at radius 1 is 0.800 bits per heavy atom. The lowest BCUT2D eigenvalue weighted by molar-refractivity contribution is 0.0714. The molecule has 0 fully saturated rings. The van der Waals surface area contributed by atoms with Crippen molar-refractivity contribution in [2.75, 3.05) is 19.8 Å². The molecule has 0 spiro atoms. The van der Waals surface area contributed by atoms with Crippen LogP contribution in [0.4, 0.5) is 0 Å². The van der Waals surface area contributed by atoms with Gasteiger partial charge in [-0.3, -0.25) is 0 Å². The van der Waals surface area contributed by atoms with Crippen LogP contribution in [0.25, 0.3) is 0 Å². The van der Waals surface area contributed by atoms with Gasteiger partial charge in [0, 0.05) is 45.4 Å². The van der Waals surface area contributed by atoms with Crippen LogP contribution in [-0.2, 0) is 26.4 Å². The fourth-order valence-corrected chi connectivity index (χ4v) is 6.07. The minimum absolute atomic E-state index is 0.588. The van der Waals surface area contributed by atoms with Gasteiger partial charge in [-0.15, -0.1) is 0 Å². The van der Waals surface area contributed by atoms with Gasteiger partial charge in [0.15, 0.2) is 0 Å². The van der Waals surface area contributed by atoms with Gasteiger partial charge < -0.3 is 18.2 Å². The molecule has 0 saturated heterocycles. The summed E-state index contributed by atoms with van der Waals surface area (Å²) >= 11 is 5.82. The summed E-state index contributed by atoms with van der Waals surface area (Å²) in [6.45, 7) is 9.26. The molecule has 2 rings (SSSR count). The molecule has 0 aliphatic rings. The molecule has 2 aromatic rings. The van der Waals surface area contributed by atoms with Gasteiger partial charge in [0.25, 0.3) is 0 Å². The molecule has 0 N–H and O–H groups in total. The van der Waals surface area contributed by atoms with E-state index in [0.717, 1.165) is 30.5 Å². The third-order valence-electron chi connectivity index (χ3n) is 4.61. The topological polar surface area (TPSA) is 30.9 Å². The van der Waals surface area contributed by atoms with Crippen molar-refractivity contribution in [2.24, 2.45) is 0 Å². The summed E-state index contributed by atoms with van der Waals surface area (Å²) in [7, 11) is -2.65. The smallest absolute Gasteiger partial charge is 0.374 e. The van der Waals surface area contributed by atoms with E-state index in [9.17, 15) is 0 Å². The third kappa shape index (κ3) is 8.28. The molecule has 0 aliphatic carbocycles. The summed E-state index contributed by atoms with van der Waals surface area (Å²) in [5.41, 5.74) is 2.48. The number of rotatable bonds is 14. The van der Waals surface area contributed by atoms with Gasteiger partial charge in [-0.2, -0.15) is 0 Å². The zero-order chi connectivity index (χ0) is 21.7. The average molecular weight is 445 g/mol. The molecule has 163 valence electrons. The van der Waals surface area contributed by atoms with E-state index in [2.05, 4.69) is 59.9 Å². The Kier molecular flexibility index (Phi) is 11.3. The molecular weight excluding hydrogens is 410 g/mol. The van der Waals surface area contributed by atoms with E-state index in [4.69, 9.17) is 25.5 Å². The van der Waals surface area contributed by atoms with Crippen LogP contribution in [-0.4, -0.2) is 38.5 Å². The van der Waals surface area contributed by atoms with Gasteiger partial charge in [-0.25, -0.2) is 0 Å². The quantitative estimate of drug-likeness (QED) is 0.277. The predicted octanol–water partition coefficient (Wildman–Crippen LogP) is 5.66. The van der Waals surface area contributed by atoms with Gasteiger partial charge in [-0.05, 0) is 38.3 Å². The summed E-state index contributed by atoms with van der Waals surface area (Å²) in [5, 5.41) is 0. The van der Waals surface area contributed by atoms with Gasteiger partial charge in [0.1, 0.15) is 0 Å². The number of benzene rings is 2. The summed E-state index contributed by atoms with van der Waals surface area (Å²) in [6.07, 6.45) is 2.88. The van der Waals surface area contributed by atoms with E-state index in [1.165, 1.54) is 11.1 Å². The van der Waals surface area contributed by atoms with Crippen molar-refractivity contribution < 1.29 is 13.3 Å². The maximum absolute atomic E-state index is 5.96. The summed E-state index contributed by atoms with van der Waals surface area (Å²) < 4.78 is 17.9. The molecule has 0 aliphatic heterocycles. The molecule has 0 bridgehead atoms. The van der Waals surface area contributed by atoms with Gasteiger partial charge in [0.05, 0.1) is 4.99 Å². The van der Waals surface area contributed by atoms with Crippen molar-refractivity contribution >= 4 is 26.0 Å². The first-order chi connectivity index (χ1) is 14.6. The van der Waals surface area contributed by atoms with Crippen molar-refractivity contribution in [2.45, 2.75) is 46.3 Å². The van der Waals surface area contributed by atoms with E-state index in [-0.39, 0.29) is 0 Å². The molecule has 4 nitrogen and oxygen atoms in total. The van der Waals surface area contributed by atoms with E-state index in [1.54, 1.807) is 0 Å². The fraction of sp³-hybridized carbons (Fsp3) is 0.417. The molecule has 0 atom stereocenters. The highest BCUT2D eigenvalue weighted by Crippen LogP contribution is 2.21. The van der Waals surface area contributed by atoms with Crippen LogP contribution in [0.5, 0.6) is 0 Å². The molecular formula is C24H34NO3SSi. The summed E-state index contributed by atoms with van der Waals surface area (Å²) in [4.78, 5) is 3.08. The first-order valence-corrected chi connectivity index (χ1v) is 13.1. The highest BCUT2D eigenvalue weighted by atomic mass is 32.1. The zero-order valence-corrected chi connectivity index (χ0v) is 20.2. The Labute approximate surface area is 188 Å². The number of nitrogens with zero attached hydrogens (tertiary/aromatic N) is 1. The number of hydrogen-bond acceptors (Lipinski definition) is 4. The average Bonchev–Trinajstić information content (AvgIpc) is 2.75. The Morgan fingerprint density at radius 2 is 1.23 bits per heavy atom. The lowest BCUT2D eigenvalue weighted by Crippen LogP contribution is -2.46. The van der Waals surface area contributed by atoms with Crippen molar-refractivity contribution in [3.8, 4) is 0 Å². The Bertz CT molecular complexity index is 671. The van der Waals surface area contributed by atoms with Crippen LogP contribution < -0.4 is 0 Å². The van der Waals surface area contributed by atoms with Gasteiger partial charge >= 0.3 is 8.80 Å². The first-order valence-electron chi connectivity index (χ1n) is 10.7. The molecule has 6 heteroatoms.